The molecule has 0 amide bonds. The Balaban J connectivity index is 2.42. The normalized spacial score (nSPS) is 12.0. The minimum absolute atomic E-state index is 0.0495. The van der Waals surface area contributed by atoms with Crippen molar-refractivity contribution in [3.05, 3.63) is 46.3 Å². The van der Waals surface area contributed by atoms with Gasteiger partial charge in [0.1, 0.15) is 10.7 Å². The van der Waals surface area contributed by atoms with Crippen molar-refractivity contribution >= 4 is 38.9 Å². The number of rotatable bonds is 5. The van der Waals surface area contributed by atoms with Crippen LogP contribution in [0.5, 0.6) is 0 Å². The summed E-state index contributed by atoms with van der Waals surface area (Å²) in [5, 5.41) is 0.147. The van der Waals surface area contributed by atoms with Gasteiger partial charge in [-0.1, -0.05) is 30.1 Å². The SMILES string of the molecule is CCN(Cc1ccco1)S(=O)(=O)c1ccc(Cl)c(N)c1Cl. The van der Waals surface area contributed by atoms with E-state index >= 15 is 0 Å². The van der Waals surface area contributed by atoms with Gasteiger partial charge in [-0.3, -0.25) is 0 Å². The van der Waals surface area contributed by atoms with E-state index in [4.69, 9.17) is 33.4 Å². The number of hydrogen-bond acceptors (Lipinski definition) is 4. The highest BCUT2D eigenvalue weighted by molar-refractivity contribution is 7.89. The van der Waals surface area contributed by atoms with Gasteiger partial charge in [0.15, 0.2) is 0 Å². The quantitative estimate of drug-likeness (QED) is 0.840. The molecule has 1 heterocycles. The highest BCUT2D eigenvalue weighted by Crippen LogP contribution is 2.34. The van der Waals surface area contributed by atoms with Gasteiger partial charge in [-0.2, -0.15) is 4.31 Å². The first-order chi connectivity index (χ1) is 9.87. The molecular weight excluding hydrogens is 335 g/mol. The van der Waals surface area contributed by atoms with Crippen molar-refractivity contribution in [1.29, 1.82) is 0 Å². The molecule has 1 aromatic carbocycles. The predicted molar refractivity (Wildman–Crippen MR) is 82.9 cm³/mol. The van der Waals surface area contributed by atoms with E-state index in [1.54, 1.807) is 19.1 Å². The number of sulfonamides is 1. The van der Waals surface area contributed by atoms with Crippen LogP contribution < -0.4 is 5.73 Å². The molecule has 0 aliphatic heterocycles. The van der Waals surface area contributed by atoms with Crippen LogP contribution in [-0.2, 0) is 16.6 Å². The van der Waals surface area contributed by atoms with Crippen molar-refractivity contribution in [2.24, 2.45) is 0 Å². The lowest BCUT2D eigenvalue weighted by molar-refractivity contribution is 0.375. The Kier molecular flexibility index (Phi) is 4.83. The van der Waals surface area contributed by atoms with Crippen LogP contribution in [0, 0.1) is 0 Å². The number of anilines is 1. The summed E-state index contributed by atoms with van der Waals surface area (Å²) >= 11 is 11.9. The number of halogens is 2. The van der Waals surface area contributed by atoms with E-state index < -0.39 is 10.0 Å². The second kappa shape index (κ2) is 6.27. The molecule has 0 spiro atoms. The smallest absolute Gasteiger partial charge is 0.245 e. The van der Waals surface area contributed by atoms with Gasteiger partial charge in [0, 0.05) is 6.54 Å². The third-order valence-corrected chi connectivity index (χ3v) is 5.79. The van der Waals surface area contributed by atoms with Crippen molar-refractivity contribution in [3.8, 4) is 0 Å². The van der Waals surface area contributed by atoms with Gasteiger partial charge in [-0.25, -0.2) is 8.42 Å². The van der Waals surface area contributed by atoms with Gasteiger partial charge in [0.2, 0.25) is 10.0 Å². The molecule has 0 atom stereocenters. The molecule has 0 aliphatic carbocycles. The molecule has 8 heteroatoms. The molecule has 0 unspecified atom stereocenters. The van der Waals surface area contributed by atoms with Crippen molar-refractivity contribution in [1.82, 2.24) is 4.31 Å². The molecule has 114 valence electrons. The average molecular weight is 349 g/mol. The number of nitrogens with zero attached hydrogens (tertiary/aromatic N) is 1. The van der Waals surface area contributed by atoms with Crippen LogP contribution >= 0.6 is 23.2 Å². The maximum Gasteiger partial charge on any atom is 0.245 e. The molecule has 0 aliphatic rings. The Morgan fingerprint density at radius 1 is 1.29 bits per heavy atom. The van der Waals surface area contributed by atoms with Gasteiger partial charge < -0.3 is 10.2 Å². The second-order valence-corrected chi connectivity index (χ2v) is 6.98. The zero-order valence-corrected chi connectivity index (χ0v) is 13.5. The van der Waals surface area contributed by atoms with E-state index in [-0.39, 0.29) is 33.7 Å². The fourth-order valence-corrected chi connectivity index (χ4v) is 3.99. The fraction of sp³-hybridized carbons (Fsp3) is 0.231. The predicted octanol–water partition coefficient (Wildman–Crippen LogP) is 3.38. The van der Waals surface area contributed by atoms with Gasteiger partial charge in [0.25, 0.3) is 0 Å². The molecule has 1 aromatic heterocycles. The zero-order valence-electron chi connectivity index (χ0n) is 11.2. The first-order valence-electron chi connectivity index (χ1n) is 6.14. The average Bonchev–Trinajstić information content (AvgIpc) is 2.94. The minimum Gasteiger partial charge on any atom is -0.468 e. The monoisotopic (exact) mass is 348 g/mol. The molecular formula is C13H14Cl2N2O3S. The van der Waals surface area contributed by atoms with Crippen molar-refractivity contribution < 1.29 is 12.8 Å². The molecule has 0 fully saturated rings. The third kappa shape index (κ3) is 3.18. The first kappa shape index (κ1) is 16.2. The summed E-state index contributed by atoms with van der Waals surface area (Å²) in [6.45, 7) is 2.11. The van der Waals surface area contributed by atoms with E-state index in [9.17, 15) is 8.42 Å². The summed E-state index contributed by atoms with van der Waals surface area (Å²) in [5.74, 6) is 0.540. The Morgan fingerprint density at radius 2 is 2.00 bits per heavy atom. The molecule has 0 bridgehead atoms. The Labute approximate surface area is 133 Å². The summed E-state index contributed by atoms with van der Waals surface area (Å²) in [7, 11) is -3.79. The van der Waals surface area contributed by atoms with Crippen molar-refractivity contribution in [2.45, 2.75) is 18.4 Å². The molecule has 0 radical (unpaired) electrons. The van der Waals surface area contributed by atoms with Gasteiger partial charge in [-0.15, -0.1) is 0 Å². The lowest BCUT2D eigenvalue weighted by Gasteiger charge is -2.20. The number of benzene rings is 1. The maximum absolute atomic E-state index is 12.7. The van der Waals surface area contributed by atoms with E-state index in [1.165, 1.54) is 22.7 Å². The van der Waals surface area contributed by atoms with E-state index in [2.05, 4.69) is 0 Å². The summed E-state index contributed by atoms with van der Waals surface area (Å²) in [6.07, 6.45) is 1.49. The number of hydrogen-bond donors (Lipinski definition) is 1. The van der Waals surface area contributed by atoms with Crippen LogP contribution in [-0.4, -0.2) is 19.3 Å². The Hall–Kier alpha value is -1.21. The molecule has 5 nitrogen and oxygen atoms in total. The lowest BCUT2D eigenvalue weighted by atomic mass is 10.3. The van der Waals surface area contributed by atoms with Crippen LogP contribution in [0.1, 0.15) is 12.7 Å². The van der Waals surface area contributed by atoms with Crippen LogP contribution in [0.15, 0.2) is 39.8 Å². The van der Waals surface area contributed by atoms with E-state index in [0.717, 1.165) is 0 Å². The molecule has 2 N–H and O–H groups in total. The summed E-state index contributed by atoms with van der Waals surface area (Å²) < 4.78 is 31.8. The summed E-state index contributed by atoms with van der Waals surface area (Å²) in [6, 6.07) is 6.16. The fourth-order valence-electron chi connectivity index (χ4n) is 1.83. The number of furan rings is 1. The van der Waals surface area contributed by atoms with Crippen LogP contribution in [0.3, 0.4) is 0 Å². The third-order valence-electron chi connectivity index (χ3n) is 2.97. The molecule has 0 saturated heterocycles. The highest BCUT2D eigenvalue weighted by atomic mass is 35.5. The summed E-state index contributed by atoms with van der Waals surface area (Å²) in [4.78, 5) is -0.0699. The van der Waals surface area contributed by atoms with Crippen molar-refractivity contribution in [2.75, 3.05) is 12.3 Å². The van der Waals surface area contributed by atoms with Gasteiger partial charge >= 0.3 is 0 Å². The first-order valence-corrected chi connectivity index (χ1v) is 8.33. The molecule has 21 heavy (non-hydrogen) atoms. The van der Waals surface area contributed by atoms with E-state index in [0.29, 0.717) is 5.76 Å². The van der Waals surface area contributed by atoms with Gasteiger partial charge in [-0.05, 0) is 24.3 Å². The molecule has 2 aromatic rings. The Morgan fingerprint density at radius 3 is 2.57 bits per heavy atom. The standard InChI is InChI=1S/C13H14Cl2N2O3S/c1-2-17(8-9-4-3-7-20-9)21(18,19)11-6-5-10(14)13(16)12(11)15/h3-7H,2,8,16H2,1H3. The minimum atomic E-state index is -3.79. The zero-order chi connectivity index (χ0) is 15.6. The van der Waals surface area contributed by atoms with Crippen LogP contribution in [0.4, 0.5) is 5.69 Å². The maximum atomic E-state index is 12.7. The number of nitrogens with two attached hydrogens (primary N) is 1. The van der Waals surface area contributed by atoms with E-state index in [1.807, 2.05) is 0 Å². The van der Waals surface area contributed by atoms with Crippen LogP contribution in [0.2, 0.25) is 10.0 Å². The van der Waals surface area contributed by atoms with Gasteiger partial charge in [0.05, 0.1) is 28.5 Å². The Bertz CT molecular complexity index is 730. The largest absolute Gasteiger partial charge is 0.468 e. The van der Waals surface area contributed by atoms with Crippen LogP contribution in [0.25, 0.3) is 0 Å². The molecule has 0 saturated carbocycles. The molecule has 2 rings (SSSR count). The number of nitrogen functional groups attached to an aromatic ring is 1. The lowest BCUT2D eigenvalue weighted by Crippen LogP contribution is -2.30. The van der Waals surface area contributed by atoms with Crippen molar-refractivity contribution in [3.63, 3.8) is 0 Å². The highest BCUT2D eigenvalue weighted by Gasteiger charge is 2.27. The summed E-state index contributed by atoms with van der Waals surface area (Å²) in [5.41, 5.74) is 5.74. The topological polar surface area (TPSA) is 76.5 Å². The second-order valence-electron chi connectivity index (χ2n) is 4.28.